The standard InChI is InChI=1S/C13H21N3O2/c1-9-5-3-4-6-13(9,8-14)16-12(17)11-7-15-18-10(11)2/h7,9H,3-6,8,14H2,1-2H3,(H,16,17). The zero-order valence-corrected chi connectivity index (χ0v) is 11.0. The van der Waals surface area contributed by atoms with E-state index < -0.39 is 0 Å². The first-order valence-electron chi connectivity index (χ1n) is 6.53. The van der Waals surface area contributed by atoms with Gasteiger partial charge in [0.2, 0.25) is 0 Å². The number of nitrogens with one attached hydrogen (secondary N) is 1. The number of hydrogen-bond acceptors (Lipinski definition) is 4. The summed E-state index contributed by atoms with van der Waals surface area (Å²) >= 11 is 0. The largest absolute Gasteiger partial charge is 0.361 e. The minimum Gasteiger partial charge on any atom is -0.361 e. The maximum atomic E-state index is 12.2. The first-order chi connectivity index (χ1) is 8.59. The highest BCUT2D eigenvalue weighted by atomic mass is 16.5. The lowest BCUT2D eigenvalue weighted by Gasteiger charge is -2.42. The molecule has 5 heteroatoms. The number of carbonyl (C=O) groups excluding carboxylic acids is 1. The van der Waals surface area contributed by atoms with Crippen molar-refractivity contribution >= 4 is 5.91 Å². The predicted octanol–water partition coefficient (Wildman–Crippen LogP) is 1.62. The molecule has 1 amide bonds. The number of carbonyl (C=O) groups is 1. The Labute approximate surface area is 107 Å². The van der Waals surface area contributed by atoms with Gasteiger partial charge in [-0.3, -0.25) is 4.79 Å². The zero-order chi connectivity index (χ0) is 13.2. The van der Waals surface area contributed by atoms with E-state index >= 15 is 0 Å². The molecule has 1 aliphatic rings. The highest BCUT2D eigenvalue weighted by Crippen LogP contribution is 2.33. The molecular weight excluding hydrogens is 230 g/mol. The van der Waals surface area contributed by atoms with Gasteiger partial charge in [-0.25, -0.2) is 0 Å². The Kier molecular flexibility index (Phi) is 3.71. The van der Waals surface area contributed by atoms with Crippen molar-refractivity contribution in [1.29, 1.82) is 0 Å². The third-order valence-electron chi connectivity index (χ3n) is 4.18. The van der Waals surface area contributed by atoms with E-state index in [4.69, 9.17) is 10.3 Å². The van der Waals surface area contributed by atoms with E-state index in [1.54, 1.807) is 6.92 Å². The van der Waals surface area contributed by atoms with Gasteiger partial charge < -0.3 is 15.6 Å². The van der Waals surface area contributed by atoms with E-state index in [-0.39, 0.29) is 11.4 Å². The average Bonchev–Trinajstić information content (AvgIpc) is 2.78. The van der Waals surface area contributed by atoms with Crippen LogP contribution < -0.4 is 11.1 Å². The fourth-order valence-electron chi connectivity index (χ4n) is 2.76. The minimum atomic E-state index is -0.279. The van der Waals surface area contributed by atoms with Gasteiger partial charge in [0.15, 0.2) is 0 Å². The van der Waals surface area contributed by atoms with E-state index in [0.29, 0.717) is 23.8 Å². The van der Waals surface area contributed by atoms with E-state index in [2.05, 4.69) is 17.4 Å². The highest BCUT2D eigenvalue weighted by Gasteiger charge is 2.38. The Bertz CT molecular complexity index is 430. The molecule has 3 N–H and O–H groups in total. The molecule has 2 atom stereocenters. The van der Waals surface area contributed by atoms with E-state index in [9.17, 15) is 4.79 Å². The summed E-state index contributed by atoms with van der Waals surface area (Å²) in [6, 6.07) is 0. The molecule has 0 bridgehead atoms. The Morgan fingerprint density at radius 1 is 1.67 bits per heavy atom. The van der Waals surface area contributed by atoms with Crippen molar-refractivity contribution in [2.24, 2.45) is 11.7 Å². The van der Waals surface area contributed by atoms with Crippen LogP contribution in [0.5, 0.6) is 0 Å². The SMILES string of the molecule is Cc1oncc1C(=O)NC1(CN)CCCCC1C. The summed E-state index contributed by atoms with van der Waals surface area (Å²) in [6.45, 7) is 4.37. The molecule has 1 aromatic heterocycles. The van der Waals surface area contributed by atoms with Gasteiger partial charge in [-0.15, -0.1) is 0 Å². The number of aromatic nitrogens is 1. The smallest absolute Gasteiger partial charge is 0.256 e. The quantitative estimate of drug-likeness (QED) is 0.855. The monoisotopic (exact) mass is 251 g/mol. The molecule has 1 aromatic rings. The van der Waals surface area contributed by atoms with Gasteiger partial charge in [0.25, 0.3) is 5.91 Å². The van der Waals surface area contributed by atoms with Crippen LogP contribution in [0, 0.1) is 12.8 Å². The molecule has 0 aliphatic heterocycles. The topological polar surface area (TPSA) is 81.2 Å². The van der Waals surface area contributed by atoms with Crippen LogP contribution in [0.4, 0.5) is 0 Å². The molecule has 0 saturated heterocycles. The molecule has 1 heterocycles. The van der Waals surface area contributed by atoms with E-state index in [0.717, 1.165) is 19.3 Å². The lowest BCUT2D eigenvalue weighted by Crippen LogP contribution is -2.59. The highest BCUT2D eigenvalue weighted by molar-refractivity contribution is 5.95. The summed E-state index contributed by atoms with van der Waals surface area (Å²) in [4.78, 5) is 12.2. The predicted molar refractivity (Wildman–Crippen MR) is 68.1 cm³/mol. The summed E-state index contributed by atoms with van der Waals surface area (Å²) in [5.41, 5.74) is 6.14. The number of hydrogen-bond donors (Lipinski definition) is 2. The van der Waals surface area contributed by atoms with Gasteiger partial charge in [0.1, 0.15) is 11.3 Å². The minimum absolute atomic E-state index is 0.132. The van der Waals surface area contributed by atoms with Crippen molar-refractivity contribution < 1.29 is 9.32 Å². The zero-order valence-electron chi connectivity index (χ0n) is 11.0. The second kappa shape index (κ2) is 5.10. The summed E-state index contributed by atoms with van der Waals surface area (Å²) < 4.78 is 4.93. The Hall–Kier alpha value is -1.36. The van der Waals surface area contributed by atoms with E-state index in [1.807, 2.05) is 0 Å². The number of amides is 1. The van der Waals surface area contributed by atoms with Crippen LogP contribution in [-0.2, 0) is 0 Å². The van der Waals surface area contributed by atoms with Gasteiger partial charge in [0, 0.05) is 6.54 Å². The second-order valence-corrected chi connectivity index (χ2v) is 5.26. The number of aryl methyl sites for hydroxylation is 1. The van der Waals surface area contributed by atoms with Crippen molar-refractivity contribution in [2.45, 2.75) is 45.1 Å². The fourth-order valence-corrected chi connectivity index (χ4v) is 2.76. The normalized spacial score (nSPS) is 28.1. The van der Waals surface area contributed by atoms with Crippen molar-refractivity contribution in [3.63, 3.8) is 0 Å². The van der Waals surface area contributed by atoms with Crippen LogP contribution in [0.15, 0.2) is 10.7 Å². The maximum Gasteiger partial charge on any atom is 0.256 e. The summed E-state index contributed by atoms with van der Waals surface area (Å²) in [5.74, 6) is 0.816. The Morgan fingerprint density at radius 2 is 2.44 bits per heavy atom. The third-order valence-corrected chi connectivity index (χ3v) is 4.18. The fraction of sp³-hybridized carbons (Fsp3) is 0.692. The molecule has 1 fully saturated rings. The van der Waals surface area contributed by atoms with Crippen molar-refractivity contribution in [3.05, 3.63) is 17.5 Å². The molecule has 5 nitrogen and oxygen atoms in total. The van der Waals surface area contributed by atoms with Crippen LogP contribution in [0.25, 0.3) is 0 Å². The lowest BCUT2D eigenvalue weighted by molar-refractivity contribution is 0.0811. The van der Waals surface area contributed by atoms with Crippen LogP contribution in [0.3, 0.4) is 0 Å². The molecule has 0 aromatic carbocycles. The van der Waals surface area contributed by atoms with Gasteiger partial charge in [-0.05, 0) is 25.7 Å². The van der Waals surface area contributed by atoms with Crippen molar-refractivity contribution in [2.75, 3.05) is 6.54 Å². The first-order valence-corrected chi connectivity index (χ1v) is 6.53. The molecule has 2 unspecified atom stereocenters. The van der Waals surface area contributed by atoms with Crippen LogP contribution >= 0.6 is 0 Å². The molecular formula is C13H21N3O2. The van der Waals surface area contributed by atoms with Crippen LogP contribution in [-0.4, -0.2) is 23.1 Å². The molecule has 0 radical (unpaired) electrons. The Balaban J connectivity index is 2.15. The molecule has 100 valence electrons. The third kappa shape index (κ3) is 2.27. The molecule has 18 heavy (non-hydrogen) atoms. The van der Waals surface area contributed by atoms with Gasteiger partial charge in [-0.2, -0.15) is 0 Å². The lowest BCUT2D eigenvalue weighted by atomic mass is 9.73. The van der Waals surface area contributed by atoms with Gasteiger partial charge in [0.05, 0.1) is 11.7 Å². The number of nitrogens with zero attached hydrogens (tertiary/aromatic N) is 1. The second-order valence-electron chi connectivity index (χ2n) is 5.26. The first kappa shape index (κ1) is 13.1. The molecule has 1 saturated carbocycles. The van der Waals surface area contributed by atoms with E-state index in [1.165, 1.54) is 12.6 Å². The maximum absolute atomic E-state index is 12.2. The number of rotatable bonds is 3. The van der Waals surface area contributed by atoms with Crippen molar-refractivity contribution in [3.8, 4) is 0 Å². The molecule has 1 aliphatic carbocycles. The van der Waals surface area contributed by atoms with Gasteiger partial charge >= 0.3 is 0 Å². The van der Waals surface area contributed by atoms with Crippen LogP contribution in [0.2, 0.25) is 0 Å². The summed E-state index contributed by atoms with van der Waals surface area (Å²) in [7, 11) is 0. The molecule has 2 rings (SSSR count). The Morgan fingerprint density at radius 3 is 3.00 bits per heavy atom. The summed E-state index contributed by atoms with van der Waals surface area (Å²) in [5, 5.41) is 6.75. The molecule has 0 spiro atoms. The van der Waals surface area contributed by atoms with Crippen LogP contribution in [0.1, 0.15) is 48.7 Å². The number of nitrogens with two attached hydrogens (primary N) is 1. The summed E-state index contributed by atoms with van der Waals surface area (Å²) in [6.07, 6.45) is 5.85. The average molecular weight is 251 g/mol. The van der Waals surface area contributed by atoms with Crippen molar-refractivity contribution in [1.82, 2.24) is 10.5 Å². The van der Waals surface area contributed by atoms with Gasteiger partial charge in [-0.1, -0.05) is 24.9 Å².